The molecule has 0 unspecified atom stereocenters. The number of pyridine rings is 1. The summed E-state index contributed by atoms with van der Waals surface area (Å²) in [6.45, 7) is 4.06. The topological polar surface area (TPSA) is 63.7 Å². The first-order chi connectivity index (χ1) is 11.8. The third kappa shape index (κ3) is 4.10. The Morgan fingerprint density at radius 2 is 2.00 bits per heavy atom. The fourth-order valence-corrected chi connectivity index (χ4v) is 2.64. The van der Waals surface area contributed by atoms with E-state index in [-0.39, 0.29) is 5.91 Å². The van der Waals surface area contributed by atoms with Gasteiger partial charge in [-0.1, -0.05) is 18.2 Å². The summed E-state index contributed by atoms with van der Waals surface area (Å²) in [6, 6.07) is 12.8. The van der Waals surface area contributed by atoms with Gasteiger partial charge in [-0.3, -0.25) is 9.69 Å². The Bertz CT molecular complexity index is 699. The smallest absolute Gasteiger partial charge is 0.260 e. The van der Waals surface area contributed by atoms with Gasteiger partial charge in [0, 0.05) is 19.6 Å². The Hall–Kier alpha value is -2.44. The molecule has 1 aromatic heterocycles. The lowest BCUT2D eigenvalue weighted by molar-refractivity contribution is 0.0337. The monoisotopic (exact) mass is 327 g/mol. The van der Waals surface area contributed by atoms with Crippen LogP contribution in [0.3, 0.4) is 0 Å². The second-order valence-corrected chi connectivity index (χ2v) is 5.56. The van der Waals surface area contributed by atoms with Crippen molar-refractivity contribution in [3.63, 3.8) is 0 Å². The first-order valence-corrected chi connectivity index (χ1v) is 7.96. The number of amides is 1. The second kappa shape index (κ2) is 7.90. The maximum Gasteiger partial charge on any atom is 0.260 e. The lowest BCUT2D eigenvalue weighted by Gasteiger charge is -2.26. The number of hydrogen-bond donors (Lipinski definition) is 1. The first kappa shape index (κ1) is 16.4. The van der Waals surface area contributed by atoms with E-state index in [9.17, 15) is 4.79 Å². The molecule has 6 heteroatoms. The van der Waals surface area contributed by atoms with Gasteiger partial charge in [-0.05, 0) is 24.3 Å². The molecule has 3 rings (SSSR count). The zero-order valence-electron chi connectivity index (χ0n) is 13.7. The molecule has 1 aliphatic rings. The Kier molecular flexibility index (Phi) is 5.40. The molecule has 1 fully saturated rings. The van der Waals surface area contributed by atoms with E-state index >= 15 is 0 Å². The van der Waals surface area contributed by atoms with Gasteiger partial charge < -0.3 is 14.8 Å². The highest BCUT2D eigenvalue weighted by molar-refractivity contribution is 6.05. The van der Waals surface area contributed by atoms with Crippen molar-refractivity contribution < 1.29 is 14.3 Å². The SMILES string of the molecule is COc1ccccc1C(=O)Nc1cccc(CN2CCOCC2)n1. The van der Waals surface area contributed by atoms with Crippen LogP contribution < -0.4 is 10.1 Å². The number of hydrogen-bond acceptors (Lipinski definition) is 5. The number of ether oxygens (including phenoxy) is 2. The molecule has 1 aliphatic heterocycles. The van der Waals surface area contributed by atoms with Gasteiger partial charge in [0.25, 0.3) is 5.91 Å². The highest BCUT2D eigenvalue weighted by Crippen LogP contribution is 2.19. The van der Waals surface area contributed by atoms with Gasteiger partial charge in [0.05, 0.1) is 31.6 Å². The highest BCUT2D eigenvalue weighted by Gasteiger charge is 2.14. The fraction of sp³-hybridized carbons (Fsp3) is 0.333. The summed E-state index contributed by atoms with van der Waals surface area (Å²) in [4.78, 5) is 19.3. The molecular weight excluding hydrogens is 306 g/mol. The molecular formula is C18H21N3O3. The molecule has 0 atom stereocenters. The van der Waals surface area contributed by atoms with Gasteiger partial charge in [0.15, 0.2) is 0 Å². The standard InChI is InChI=1S/C18H21N3O3/c1-23-16-7-3-2-6-15(16)18(22)20-17-8-4-5-14(19-17)13-21-9-11-24-12-10-21/h2-8H,9-13H2,1H3,(H,19,20,22). The third-order valence-corrected chi connectivity index (χ3v) is 3.89. The molecule has 2 heterocycles. The van der Waals surface area contributed by atoms with Crippen LogP contribution in [0.15, 0.2) is 42.5 Å². The second-order valence-electron chi connectivity index (χ2n) is 5.56. The van der Waals surface area contributed by atoms with Crippen LogP contribution >= 0.6 is 0 Å². The highest BCUT2D eigenvalue weighted by atomic mass is 16.5. The van der Waals surface area contributed by atoms with Crippen LogP contribution in [0, 0.1) is 0 Å². The van der Waals surface area contributed by atoms with E-state index < -0.39 is 0 Å². The number of carbonyl (C=O) groups is 1. The minimum Gasteiger partial charge on any atom is -0.496 e. The van der Waals surface area contributed by atoms with Crippen molar-refractivity contribution in [2.75, 3.05) is 38.7 Å². The van der Waals surface area contributed by atoms with Gasteiger partial charge in [0.1, 0.15) is 11.6 Å². The number of nitrogens with one attached hydrogen (secondary N) is 1. The zero-order valence-corrected chi connectivity index (χ0v) is 13.7. The van der Waals surface area contributed by atoms with Crippen LogP contribution in [0.2, 0.25) is 0 Å². The number of methoxy groups -OCH3 is 1. The van der Waals surface area contributed by atoms with Crippen molar-refractivity contribution in [1.82, 2.24) is 9.88 Å². The predicted octanol–water partition coefficient (Wildman–Crippen LogP) is 2.17. The van der Waals surface area contributed by atoms with Gasteiger partial charge in [0.2, 0.25) is 0 Å². The first-order valence-electron chi connectivity index (χ1n) is 7.96. The summed E-state index contributed by atoms with van der Waals surface area (Å²) in [7, 11) is 1.55. The van der Waals surface area contributed by atoms with Crippen molar-refractivity contribution in [3.05, 3.63) is 53.7 Å². The van der Waals surface area contributed by atoms with Crippen molar-refractivity contribution in [2.45, 2.75) is 6.54 Å². The molecule has 0 aliphatic carbocycles. The van der Waals surface area contributed by atoms with Gasteiger partial charge in [-0.2, -0.15) is 0 Å². The fourth-order valence-electron chi connectivity index (χ4n) is 2.64. The quantitative estimate of drug-likeness (QED) is 0.912. The van der Waals surface area contributed by atoms with Crippen molar-refractivity contribution in [3.8, 4) is 5.75 Å². The predicted molar refractivity (Wildman–Crippen MR) is 91.3 cm³/mol. The van der Waals surface area contributed by atoms with Crippen molar-refractivity contribution in [2.24, 2.45) is 0 Å². The average molecular weight is 327 g/mol. The summed E-state index contributed by atoms with van der Waals surface area (Å²) in [5, 5.41) is 2.84. The van der Waals surface area contributed by atoms with Crippen molar-refractivity contribution >= 4 is 11.7 Å². The molecule has 0 saturated carbocycles. The maximum absolute atomic E-state index is 12.4. The number of benzene rings is 1. The molecule has 0 radical (unpaired) electrons. The lowest BCUT2D eigenvalue weighted by Crippen LogP contribution is -2.35. The van der Waals surface area contributed by atoms with E-state index in [4.69, 9.17) is 9.47 Å². The molecule has 0 bridgehead atoms. The third-order valence-electron chi connectivity index (χ3n) is 3.89. The molecule has 1 aromatic carbocycles. The van der Waals surface area contributed by atoms with Crippen LogP contribution in [-0.2, 0) is 11.3 Å². The summed E-state index contributed by atoms with van der Waals surface area (Å²) in [6.07, 6.45) is 0. The number of nitrogens with zero attached hydrogens (tertiary/aromatic N) is 2. The average Bonchev–Trinajstić information content (AvgIpc) is 2.63. The molecule has 1 saturated heterocycles. The Labute approximate surface area is 141 Å². The van der Waals surface area contributed by atoms with Crippen LogP contribution in [0.1, 0.15) is 16.1 Å². The van der Waals surface area contributed by atoms with E-state index in [2.05, 4.69) is 15.2 Å². The number of aromatic nitrogens is 1. The number of anilines is 1. The zero-order chi connectivity index (χ0) is 16.8. The summed E-state index contributed by atoms with van der Waals surface area (Å²) < 4.78 is 10.6. The molecule has 1 N–H and O–H groups in total. The van der Waals surface area contributed by atoms with Crippen LogP contribution in [0.25, 0.3) is 0 Å². The summed E-state index contributed by atoms with van der Waals surface area (Å²) >= 11 is 0. The van der Waals surface area contributed by atoms with Crippen LogP contribution in [0.4, 0.5) is 5.82 Å². The van der Waals surface area contributed by atoms with E-state index in [1.165, 1.54) is 0 Å². The molecule has 126 valence electrons. The molecule has 1 amide bonds. The van der Waals surface area contributed by atoms with E-state index in [0.717, 1.165) is 38.5 Å². The van der Waals surface area contributed by atoms with Crippen LogP contribution in [-0.4, -0.2) is 49.2 Å². The summed E-state index contributed by atoms with van der Waals surface area (Å²) in [5.74, 6) is 0.847. The summed E-state index contributed by atoms with van der Waals surface area (Å²) in [5.41, 5.74) is 1.41. The molecule has 24 heavy (non-hydrogen) atoms. The van der Waals surface area contributed by atoms with E-state index in [1.54, 1.807) is 31.4 Å². The molecule has 2 aromatic rings. The minimum atomic E-state index is -0.233. The minimum absolute atomic E-state index is 0.233. The van der Waals surface area contributed by atoms with Crippen molar-refractivity contribution in [1.29, 1.82) is 0 Å². The van der Waals surface area contributed by atoms with Gasteiger partial charge in [-0.15, -0.1) is 0 Å². The van der Waals surface area contributed by atoms with E-state index in [0.29, 0.717) is 17.1 Å². The number of carbonyl (C=O) groups excluding carboxylic acids is 1. The van der Waals surface area contributed by atoms with Gasteiger partial charge in [-0.25, -0.2) is 4.98 Å². The maximum atomic E-state index is 12.4. The largest absolute Gasteiger partial charge is 0.496 e. The number of rotatable bonds is 5. The number of para-hydroxylation sites is 1. The Balaban J connectivity index is 1.68. The van der Waals surface area contributed by atoms with E-state index in [1.807, 2.05) is 18.2 Å². The van der Waals surface area contributed by atoms with Gasteiger partial charge >= 0.3 is 0 Å². The molecule has 0 spiro atoms. The Morgan fingerprint density at radius 1 is 1.21 bits per heavy atom. The molecule has 6 nitrogen and oxygen atoms in total. The Morgan fingerprint density at radius 3 is 2.79 bits per heavy atom. The lowest BCUT2D eigenvalue weighted by atomic mass is 10.2. The number of morpholine rings is 1. The normalized spacial score (nSPS) is 15.0. The van der Waals surface area contributed by atoms with Crippen LogP contribution in [0.5, 0.6) is 5.75 Å².